The Hall–Kier alpha value is -2.90. The van der Waals surface area contributed by atoms with Crippen molar-refractivity contribution in [2.45, 2.75) is 6.54 Å². The van der Waals surface area contributed by atoms with Crippen molar-refractivity contribution < 1.29 is 17.6 Å². The molecule has 0 saturated heterocycles. The molecule has 0 aliphatic carbocycles. The molecule has 0 aliphatic rings. The first-order valence-corrected chi connectivity index (χ1v) is 10.8. The number of nitrogens with one attached hydrogen (secondary N) is 1. The molecule has 0 saturated carbocycles. The van der Waals surface area contributed by atoms with E-state index in [0.717, 1.165) is 6.26 Å². The molecule has 1 N–H and O–H groups in total. The summed E-state index contributed by atoms with van der Waals surface area (Å²) in [6.45, 7) is 0.0459. The van der Waals surface area contributed by atoms with Crippen LogP contribution in [-0.4, -0.2) is 20.6 Å². The first kappa shape index (κ1) is 20.8. The second-order valence-corrected chi connectivity index (χ2v) is 8.69. The van der Waals surface area contributed by atoms with Crippen molar-refractivity contribution in [1.82, 2.24) is 0 Å². The van der Waals surface area contributed by atoms with Crippen LogP contribution in [-0.2, 0) is 16.6 Å². The van der Waals surface area contributed by atoms with Crippen LogP contribution in [0.2, 0.25) is 5.02 Å². The summed E-state index contributed by atoms with van der Waals surface area (Å²) in [6.07, 6.45) is 1.09. The van der Waals surface area contributed by atoms with Crippen molar-refractivity contribution in [3.05, 3.63) is 94.8 Å². The van der Waals surface area contributed by atoms with Crippen molar-refractivity contribution in [2.24, 2.45) is 0 Å². The van der Waals surface area contributed by atoms with Gasteiger partial charge in [-0.25, -0.2) is 12.8 Å². The van der Waals surface area contributed by atoms with Gasteiger partial charge in [0.15, 0.2) is 0 Å². The zero-order valence-electron chi connectivity index (χ0n) is 15.5. The molecule has 0 aromatic heterocycles. The van der Waals surface area contributed by atoms with E-state index >= 15 is 0 Å². The minimum Gasteiger partial charge on any atom is -0.321 e. The van der Waals surface area contributed by atoms with Gasteiger partial charge in [-0.3, -0.25) is 9.10 Å². The largest absolute Gasteiger partial charge is 0.321 e. The standard InChI is InChI=1S/C21H18ClFN2O3S/c1-29(27,28)25(14-15-6-10-17(23)11-7-15)18-12-8-16(9-13-18)21(26)24-20-5-3-2-4-19(20)22/h2-13H,14H2,1H3,(H,24,26). The fourth-order valence-corrected chi connectivity index (χ4v) is 3.76. The number of hydrogen-bond donors (Lipinski definition) is 1. The lowest BCUT2D eigenvalue weighted by Crippen LogP contribution is -2.29. The van der Waals surface area contributed by atoms with Crippen molar-refractivity contribution >= 4 is 38.9 Å². The molecule has 0 radical (unpaired) electrons. The van der Waals surface area contributed by atoms with Crippen LogP contribution in [0.15, 0.2) is 72.8 Å². The molecule has 1 amide bonds. The molecule has 0 unspecified atom stereocenters. The van der Waals surface area contributed by atoms with E-state index in [-0.39, 0.29) is 12.5 Å². The predicted octanol–water partition coefficient (Wildman–Crippen LogP) is 4.70. The third-order valence-electron chi connectivity index (χ3n) is 4.18. The smallest absolute Gasteiger partial charge is 0.255 e. The Morgan fingerprint density at radius 2 is 1.62 bits per heavy atom. The molecule has 0 spiro atoms. The normalized spacial score (nSPS) is 11.1. The number of hydrogen-bond acceptors (Lipinski definition) is 3. The van der Waals surface area contributed by atoms with Crippen molar-refractivity contribution in [3.8, 4) is 0 Å². The monoisotopic (exact) mass is 432 g/mol. The van der Waals surface area contributed by atoms with E-state index < -0.39 is 15.8 Å². The van der Waals surface area contributed by atoms with Crippen LogP contribution in [0.25, 0.3) is 0 Å². The highest BCUT2D eigenvalue weighted by atomic mass is 35.5. The molecular formula is C21H18ClFN2O3S. The quantitative estimate of drug-likeness (QED) is 0.614. The zero-order chi connectivity index (χ0) is 21.0. The molecule has 29 heavy (non-hydrogen) atoms. The van der Waals surface area contributed by atoms with E-state index in [9.17, 15) is 17.6 Å². The second kappa shape index (κ2) is 8.63. The fourth-order valence-electron chi connectivity index (χ4n) is 2.69. The molecule has 150 valence electrons. The van der Waals surface area contributed by atoms with Crippen molar-refractivity contribution in [2.75, 3.05) is 15.9 Å². The summed E-state index contributed by atoms with van der Waals surface area (Å²) in [5.41, 5.74) is 1.87. The number of sulfonamides is 1. The SMILES string of the molecule is CS(=O)(=O)N(Cc1ccc(F)cc1)c1ccc(C(=O)Nc2ccccc2Cl)cc1. The zero-order valence-corrected chi connectivity index (χ0v) is 17.0. The summed E-state index contributed by atoms with van der Waals surface area (Å²) in [4.78, 5) is 12.4. The van der Waals surface area contributed by atoms with E-state index in [0.29, 0.717) is 27.5 Å². The van der Waals surface area contributed by atoms with Gasteiger partial charge in [-0.15, -0.1) is 0 Å². The molecular weight excluding hydrogens is 415 g/mol. The molecule has 0 fully saturated rings. The van der Waals surface area contributed by atoms with Gasteiger partial charge in [0.2, 0.25) is 10.0 Å². The average molecular weight is 433 g/mol. The summed E-state index contributed by atoms with van der Waals surface area (Å²) >= 11 is 6.05. The topological polar surface area (TPSA) is 66.5 Å². The van der Waals surface area contributed by atoms with Crippen LogP contribution >= 0.6 is 11.6 Å². The van der Waals surface area contributed by atoms with Gasteiger partial charge in [0.25, 0.3) is 5.91 Å². The Morgan fingerprint density at radius 3 is 2.21 bits per heavy atom. The number of benzene rings is 3. The third-order valence-corrected chi connectivity index (χ3v) is 5.65. The molecule has 0 atom stereocenters. The van der Waals surface area contributed by atoms with Crippen LogP contribution in [0.1, 0.15) is 15.9 Å². The highest BCUT2D eigenvalue weighted by Gasteiger charge is 2.18. The van der Waals surface area contributed by atoms with Crippen LogP contribution in [0.3, 0.4) is 0 Å². The van der Waals surface area contributed by atoms with Gasteiger partial charge in [0.1, 0.15) is 5.82 Å². The van der Waals surface area contributed by atoms with Gasteiger partial charge >= 0.3 is 0 Å². The van der Waals surface area contributed by atoms with E-state index in [1.807, 2.05) is 0 Å². The van der Waals surface area contributed by atoms with Gasteiger partial charge in [0, 0.05) is 5.56 Å². The molecule has 3 aromatic carbocycles. The number of nitrogens with zero attached hydrogens (tertiary/aromatic N) is 1. The minimum absolute atomic E-state index is 0.0459. The molecule has 0 bridgehead atoms. The van der Waals surface area contributed by atoms with Crippen molar-refractivity contribution in [3.63, 3.8) is 0 Å². The summed E-state index contributed by atoms with van der Waals surface area (Å²) in [5, 5.41) is 3.13. The second-order valence-electron chi connectivity index (χ2n) is 6.38. The van der Waals surface area contributed by atoms with Gasteiger partial charge in [-0.1, -0.05) is 35.9 Å². The lowest BCUT2D eigenvalue weighted by molar-refractivity contribution is 0.102. The molecule has 0 heterocycles. The van der Waals surface area contributed by atoms with Gasteiger partial charge in [-0.2, -0.15) is 0 Å². The number of para-hydroxylation sites is 1. The maximum atomic E-state index is 13.1. The Bertz CT molecular complexity index is 1120. The Kier molecular flexibility index (Phi) is 6.20. The van der Waals surface area contributed by atoms with E-state index in [1.54, 1.807) is 36.4 Å². The number of rotatable bonds is 6. The van der Waals surface area contributed by atoms with Gasteiger partial charge in [-0.05, 0) is 54.1 Å². The molecule has 5 nitrogen and oxygen atoms in total. The first-order valence-electron chi connectivity index (χ1n) is 8.62. The summed E-state index contributed by atoms with van der Waals surface area (Å²) in [6, 6.07) is 18.6. The number of carbonyl (C=O) groups excluding carboxylic acids is 1. The molecule has 3 aromatic rings. The third kappa shape index (κ3) is 5.34. The molecule has 0 aliphatic heterocycles. The average Bonchev–Trinajstić information content (AvgIpc) is 2.68. The number of halogens is 2. The van der Waals surface area contributed by atoms with E-state index in [1.165, 1.54) is 40.7 Å². The highest BCUT2D eigenvalue weighted by molar-refractivity contribution is 7.92. The number of amides is 1. The van der Waals surface area contributed by atoms with Crippen LogP contribution in [0.4, 0.5) is 15.8 Å². The molecule has 3 rings (SSSR count). The van der Waals surface area contributed by atoms with Gasteiger partial charge < -0.3 is 5.32 Å². The highest BCUT2D eigenvalue weighted by Crippen LogP contribution is 2.24. The summed E-state index contributed by atoms with van der Waals surface area (Å²) < 4.78 is 38.8. The van der Waals surface area contributed by atoms with Crippen LogP contribution in [0, 0.1) is 5.82 Å². The lowest BCUT2D eigenvalue weighted by atomic mass is 10.1. The predicted molar refractivity (Wildman–Crippen MR) is 113 cm³/mol. The fraction of sp³-hybridized carbons (Fsp3) is 0.0952. The van der Waals surface area contributed by atoms with Crippen LogP contribution in [0.5, 0.6) is 0 Å². The number of anilines is 2. The maximum absolute atomic E-state index is 13.1. The Morgan fingerprint density at radius 1 is 1.00 bits per heavy atom. The lowest BCUT2D eigenvalue weighted by Gasteiger charge is -2.22. The van der Waals surface area contributed by atoms with Crippen LogP contribution < -0.4 is 9.62 Å². The summed E-state index contributed by atoms with van der Waals surface area (Å²) in [5.74, 6) is -0.761. The van der Waals surface area contributed by atoms with Gasteiger partial charge in [0.05, 0.1) is 29.2 Å². The Balaban J connectivity index is 1.81. The van der Waals surface area contributed by atoms with Crippen molar-refractivity contribution in [1.29, 1.82) is 0 Å². The minimum atomic E-state index is -3.59. The maximum Gasteiger partial charge on any atom is 0.255 e. The van der Waals surface area contributed by atoms with E-state index in [4.69, 9.17) is 11.6 Å². The Labute approximate surface area is 173 Å². The van der Waals surface area contributed by atoms with E-state index in [2.05, 4.69) is 5.32 Å². The summed E-state index contributed by atoms with van der Waals surface area (Å²) in [7, 11) is -3.59. The number of carbonyl (C=O) groups is 1. The molecule has 8 heteroatoms. The first-order chi connectivity index (χ1) is 13.7.